The molecular weight excluding hydrogens is 305 g/mol. The molecule has 1 fully saturated rings. The highest BCUT2D eigenvalue weighted by Gasteiger charge is 2.30. The molecule has 1 atom stereocenters. The fourth-order valence-electron chi connectivity index (χ4n) is 2.17. The zero-order chi connectivity index (χ0) is 12.4. The van der Waals surface area contributed by atoms with E-state index < -0.39 is 5.97 Å². The number of likely N-dealkylation sites (tertiary alicyclic amines) is 1. The van der Waals surface area contributed by atoms with Crippen LogP contribution in [0.2, 0.25) is 5.02 Å². The average Bonchev–Trinajstić information content (AvgIpc) is 2.72. The number of nitrogens with zero attached hydrogens (tertiary/aromatic N) is 1. The largest absolute Gasteiger partial charge is 0.480 e. The van der Waals surface area contributed by atoms with Gasteiger partial charge in [-0.1, -0.05) is 17.7 Å². The molecule has 0 saturated carbocycles. The Labute approximate surface area is 114 Å². The van der Waals surface area contributed by atoms with E-state index in [1.165, 1.54) is 0 Å². The third kappa shape index (κ3) is 3.00. The maximum Gasteiger partial charge on any atom is 0.320 e. The number of halogens is 2. The van der Waals surface area contributed by atoms with E-state index in [2.05, 4.69) is 15.9 Å². The number of rotatable bonds is 3. The molecule has 1 aromatic carbocycles. The molecule has 0 aliphatic carbocycles. The summed E-state index contributed by atoms with van der Waals surface area (Å²) in [6.45, 7) is 1.48. The number of carbonyl (C=O) groups is 1. The van der Waals surface area contributed by atoms with Crippen LogP contribution in [-0.2, 0) is 11.3 Å². The summed E-state index contributed by atoms with van der Waals surface area (Å²) >= 11 is 9.35. The van der Waals surface area contributed by atoms with Crippen LogP contribution in [0.3, 0.4) is 0 Å². The monoisotopic (exact) mass is 317 g/mol. The Morgan fingerprint density at radius 3 is 3.00 bits per heavy atom. The first-order chi connectivity index (χ1) is 8.08. The summed E-state index contributed by atoms with van der Waals surface area (Å²) in [5, 5.41) is 9.75. The van der Waals surface area contributed by atoms with Crippen molar-refractivity contribution in [3.8, 4) is 0 Å². The third-order valence-electron chi connectivity index (χ3n) is 3.02. The zero-order valence-electron chi connectivity index (χ0n) is 9.20. The van der Waals surface area contributed by atoms with Crippen LogP contribution in [-0.4, -0.2) is 28.6 Å². The molecule has 1 heterocycles. The Bertz CT molecular complexity index is 439. The van der Waals surface area contributed by atoms with Crippen molar-refractivity contribution in [2.24, 2.45) is 0 Å². The maximum atomic E-state index is 11.0. The zero-order valence-corrected chi connectivity index (χ0v) is 11.5. The van der Waals surface area contributed by atoms with Gasteiger partial charge in [-0.25, -0.2) is 0 Å². The molecule has 0 spiro atoms. The minimum Gasteiger partial charge on any atom is -0.480 e. The summed E-state index contributed by atoms with van der Waals surface area (Å²) < 4.78 is 0.860. The first-order valence-electron chi connectivity index (χ1n) is 5.48. The molecule has 1 saturated heterocycles. The van der Waals surface area contributed by atoms with Crippen LogP contribution in [0.15, 0.2) is 22.7 Å². The number of hydrogen-bond donors (Lipinski definition) is 1. The van der Waals surface area contributed by atoms with E-state index in [0.29, 0.717) is 11.6 Å². The number of carboxylic acids is 1. The van der Waals surface area contributed by atoms with Gasteiger partial charge in [-0.3, -0.25) is 9.69 Å². The van der Waals surface area contributed by atoms with Crippen molar-refractivity contribution in [1.82, 2.24) is 4.90 Å². The lowest BCUT2D eigenvalue weighted by Gasteiger charge is -2.21. The van der Waals surface area contributed by atoms with Crippen LogP contribution in [0, 0.1) is 0 Å². The van der Waals surface area contributed by atoms with Crippen LogP contribution in [0.5, 0.6) is 0 Å². The fourth-order valence-corrected chi connectivity index (χ4v) is 2.62. The highest BCUT2D eigenvalue weighted by atomic mass is 79.9. The minimum absolute atomic E-state index is 0.350. The van der Waals surface area contributed by atoms with Gasteiger partial charge in [0, 0.05) is 11.0 Å². The van der Waals surface area contributed by atoms with Crippen molar-refractivity contribution in [2.45, 2.75) is 25.4 Å². The van der Waals surface area contributed by atoms with Gasteiger partial charge in [-0.2, -0.15) is 0 Å². The Morgan fingerprint density at radius 2 is 2.35 bits per heavy atom. The Morgan fingerprint density at radius 1 is 1.59 bits per heavy atom. The molecule has 0 unspecified atom stereocenters. The predicted molar refractivity (Wildman–Crippen MR) is 70.2 cm³/mol. The Balaban J connectivity index is 2.09. The van der Waals surface area contributed by atoms with E-state index in [4.69, 9.17) is 16.7 Å². The fraction of sp³-hybridized carbons (Fsp3) is 0.417. The topological polar surface area (TPSA) is 40.5 Å². The van der Waals surface area contributed by atoms with Crippen molar-refractivity contribution in [1.29, 1.82) is 0 Å². The van der Waals surface area contributed by atoms with Crippen molar-refractivity contribution < 1.29 is 9.90 Å². The second-order valence-corrected chi connectivity index (χ2v) is 5.48. The van der Waals surface area contributed by atoms with E-state index >= 15 is 0 Å². The minimum atomic E-state index is -0.731. The molecule has 0 aromatic heterocycles. The van der Waals surface area contributed by atoms with Gasteiger partial charge in [0.05, 0.1) is 5.02 Å². The molecule has 1 aliphatic heterocycles. The molecule has 1 N–H and O–H groups in total. The van der Waals surface area contributed by atoms with Gasteiger partial charge in [0.15, 0.2) is 0 Å². The highest BCUT2D eigenvalue weighted by molar-refractivity contribution is 9.10. The smallest absolute Gasteiger partial charge is 0.320 e. The lowest BCUT2D eigenvalue weighted by molar-refractivity contribution is -0.142. The van der Waals surface area contributed by atoms with Gasteiger partial charge < -0.3 is 5.11 Å². The molecule has 3 nitrogen and oxygen atoms in total. The number of carboxylic acid groups (broad SMARTS) is 1. The van der Waals surface area contributed by atoms with Gasteiger partial charge in [-0.05, 0) is 53.0 Å². The van der Waals surface area contributed by atoms with E-state index in [9.17, 15) is 4.79 Å². The van der Waals surface area contributed by atoms with Crippen LogP contribution in [0.25, 0.3) is 0 Å². The normalized spacial score (nSPS) is 20.7. The second-order valence-electron chi connectivity index (χ2n) is 4.22. The van der Waals surface area contributed by atoms with Gasteiger partial charge >= 0.3 is 5.97 Å². The van der Waals surface area contributed by atoms with Crippen LogP contribution >= 0.6 is 27.5 Å². The second kappa shape index (κ2) is 5.38. The predicted octanol–water partition coefficient (Wildman–Crippen LogP) is 3.15. The van der Waals surface area contributed by atoms with Gasteiger partial charge in [0.2, 0.25) is 0 Å². The Kier molecular flexibility index (Phi) is 4.07. The molecular formula is C12H13BrClNO2. The molecule has 1 aliphatic rings. The third-order valence-corrected chi connectivity index (χ3v) is 4.25. The summed E-state index contributed by atoms with van der Waals surface area (Å²) in [6.07, 6.45) is 1.68. The summed E-state index contributed by atoms with van der Waals surface area (Å²) in [5.41, 5.74) is 1.05. The molecule has 0 radical (unpaired) electrons. The van der Waals surface area contributed by atoms with Crippen molar-refractivity contribution in [3.05, 3.63) is 33.3 Å². The highest BCUT2D eigenvalue weighted by Crippen LogP contribution is 2.26. The lowest BCUT2D eigenvalue weighted by Crippen LogP contribution is -2.35. The molecule has 92 valence electrons. The summed E-state index contributed by atoms with van der Waals surface area (Å²) in [7, 11) is 0. The molecule has 17 heavy (non-hydrogen) atoms. The maximum absolute atomic E-state index is 11.0. The SMILES string of the molecule is O=C(O)[C@H]1CCCN1Cc1ccc(Br)c(Cl)c1. The summed E-state index contributed by atoms with van der Waals surface area (Å²) in [5.74, 6) is -0.731. The number of benzene rings is 1. The van der Waals surface area contributed by atoms with Gasteiger partial charge in [0.1, 0.15) is 6.04 Å². The van der Waals surface area contributed by atoms with E-state index in [0.717, 1.165) is 29.4 Å². The molecule has 2 rings (SSSR count). The molecule has 1 aromatic rings. The lowest BCUT2D eigenvalue weighted by atomic mass is 10.2. The number of hydrogen-bond acceptors (Lipinski definition) is 2. The van der Waals surface area contributed by atoms with E-state index in [-0.39, 0.29) is 6.04 Å². The summed E-state index contributed by atoms with van der Waals surface area (Å²) in [4.78, 5) is 13.0. The molecule has 0 amide bonds. The van der Waals surface area contributed by atoms with Crippen molar-refractivity contribution in [2.75, 3.05) is 6.54 Å². The molecule has 5 heteroatoms. The van der Waals surface area contributed by atoms with Crippen LogP contribution in [0.1, 0.15) is 18.4 Å². The van der Waals surface area contributed by atoms with Crippen molar-refractivity contribution >= 4 is 33.5 Å². The average molecular weight is 319 g/mol. The van der Waals surface area contributed by atoms with Gasteiger partial charge in [0.25, 0.3) is 0 Å². The first-order valence-corrected chi connectivity index (χ1v) is 6.66. The van der Waals surface area contributed by atoms with Crippen molar-refractivity contribution in [3.63, 3.8) is 0 Å². The summed E-state index contributed by atoms with van der Waals surface area (Å²) in [6, 6.07) is 5.39. The quantitative estimate of drug-likeness (QED) is 0.930. The van der Waals surface area contributed by atoms with Gasteiger partial charge in [-0.15, -0.1) is 0 Å². The van der Waals surface area contributed by atoms with E-state index in [1.54, 1.807) is 0 Å². The van der Waals surface area contributed by atoms with Crippen LogP contribution in [0.4, 0.5) is 0 Å². The molecule has 0 bridgehead atoms. The Hall–Kier alpha value is -0.580. The standard InChI is InChI=1S/C12H13BrClNO2/c13-9-4-3-8(6-10(9)14)7-15-5-1-2-11(15)12(16)17/h3-4,6,11H,1-2,5,7H2,(H,16,17)/t11-/m1/s1. The first kappa shape index (κ1) is 12.9. The van der Waals surface area contributed by atoms with Crippen LogP contribution < -0.4 is 0 Å². The van der Waals surface area contributed by atoms with E-state index in [1.807, 2.05) is 23.1 Å². The number of aliphatic carboxylic acids is 1.